The van der Waals surface area contributed by atoms with Crippen molar-refractivity contribution in [3.63, 3.8) is 0 Å². The van der Waals surface area contributed by atoms with Crippen LogP contribution in [-0.4, -0.2) is 10.2 Å². The lowest BCUT2D eigenvalue weighted by Gasteiger charge is -2.10. The van der Waals surface area contributed by atoms with Crippen molar-refractivity contribution >= 4 is 0 Å². The summed E-state index contributed by atoms with van der Waals surface area (Å²) in [6, 6.07) is 13.1. The minimum absolute atomic E-state index is 0.0718. The molecule has 0 atom stereocenters. The van der Waals surface area contributed by atoms with E-state index in [1.165, 1.54) is 0 Å². The van der Waals surface area contributed by atoms with Gasteiger partial charge in [-0.25, -0.2) is 0 Å². The van der Waals surface area contributed by atoms with Crippen molar-refractivity contribution in [3.8, 4) is 16.9 Å². The van der Waals surface area contributed by atoms with Gasteiger partial charge in [-0.15, -0.1) is 0 Å². The van der Waals surface area contributed by atoms with Gasteiger partial charge in [0.05, 0.1) is 6.61 Å². The number of aliphatic hydroxyl groups is 1. The summed E-state index contributed by atoms with van der Waals surface area (Å²) >= 11 is 0. The van der Waals surface area contributed by atoms with Gasteiger partial charge >= 0.3 is 0 Å². The molecule has 0 radical (unpaired) electrons. The summed E-state index contributed by atoms with van der Waals surface area (Å²) in [5, 5.41) is 19.1. The smallest absolute Gasteiger partial charge is 0.123 e. The van der Waals surface area contributed by atoms with Gasteiger partial charge in [-0.3, -0.25) is 0 Å². The lowest BCUT2D eigenvalue weighted by molar-refractivity contribution is 0.282. The van der Waals surface area contributed by atoms with Crippen molar-refractivity contribution in [1.82, 2.24) is 0 Å². The molecule has 0 saturated heterocycles. The topological polar surface area (TPSA) is 40.5 Å². The van der Waals surface area contributed by atoms with Gasteiger partial charge in [-0.05, 0) is 24.1 Å². The van der Waals surface area contributed by atoms with E-state index in [0.717, 1.165) is 16.7 Å². The molecule has 0 bridgehead atoms. The summed E-state index contributed by atoms with van der Waals surface area (Å²) in [6.07, 6.45) is 0. The first-order valence-corrected chi connectivity index (χ1v) is 5.21. The average molecular weight is 214 g/mol. The van der Waals surface area contributed by atoms with E-state index in [4.69, 9.17) is 0 Å². The summed E-state index contributed by atoms with van der Waals surface area (Å²) in [4.78, 5) is 0. The van der Waals surface area contributed by atoms with Gasteiger partial charge in [0.15, 0.2) is 0 Å². The van der Waals surface area contributed by atoms with Gasteiger partial charge in [0.25, 0.3) is 0 Å². The molecule has 0 aliphatic carbocycles. The van der Waals surface area contributed by atoms with Crippen LogP contribution in [0.1, 0.15) is 11.1 Å². The molecule has 0 aliphatic rings. The first-order chi connectivity index (χ1) is 7.72. The minimum Gasteiger partial charge on any atom is -0.507 e. The Bertz CT molecular complexity index is 504. The molecule has 2 aromatic carbocycles. The fourth-order valence-corrected chi connectivity index (χ4v) is 1.85. The van der Waals surface area contributed by atoms with Crippen LogP contribution in [0.15, 0.2) is 42.5 Å². The van der Waals surface area contributed by atoms with Crippen LogP contribution < -0.4 is 0 Å². The lowest BCUT2D eigenvalue weighted by Crippen LogP contribution is -1.90. The molecule has 16 heavy (non-hydrogen) atoms. The van der Waals surface area contributed by atoms with E-state index in [0.29, 0.717) is 5.56 Å². The molecule has 0 aromatic heterocycles. The number of hydrogen-bond acceptors (Lipinski definition) is 2. The van der Waals surface area contributed by atoms with E-state index in [9.17, 15) is 10.2 Å². The van der Waals surface area contributed by atoms with Crippen molar-refractivity contribution in [2.24, 2.45) is 0 Å². The molecule has 2 N–H and O–H groups in total. The highest BCUT2D eigenvalue weighted by atomic mass is 16.3. The molecule has 2 nitrogen and oxygen atoms in total. The minimum atomic E-state index is -0.0718. The number of rotatable bonds is 2. The van der Waals surface area contributed by atoms with E-state index in [1.54, 1.807) is 12.1 Å². The van der Waals surface area contributed by atoms with Crippen molar-refractivity contribution < 1.29 is 10.2 Å². The predicted molar refractivity (Wildman–Crippen MR) is 64.2 cm³/mol. The summed E-state index contributed by atoms with van der Waals surface area (Å²) in [5.74, 6) is 0.206. The second-order valence-electron chi connectivity index (χ2n) is 3.84. The van der Waals surface area contributed by atoms with Crippen LogP contribution in [0.3, 0.4) is 0 Å². The molecule has 2 rings (SSSR count). The fourth-order valence-electron chi connectivity index (χ4n) is 1.85. The largest absolute Gasteiger partial charge is 0.507 e. The number of aryl methyl sites for hydroxylation is 1. The van der Waals surface area contributed by atoms with E-state index in [2.05, 4.69) is 0 Å². The zero-order valence-corrected chi connectivity index (χ0v) is 9.14. The molecule has 0 spiro atoms. The van der Waals surface area contributed by atoms with Crippen molar-refractivity contribution in [2.75, 3.05) is 0 Å². The molecule has 0 aliphatic heterocycles. The molecule has 0 amide bonds. The summed E-state index contributed by atoms with van der Waals surface area (Å²) < 4.78 is 0. The molecule has 0 saturated carbocycles. The molecular formula is C14H14O2. The quantitative estimate of drug-likeness (QED) is 0.807. The SMILES string of the molecule is Cc1cccc(-c2c(O)cccc2CO)c1. The third kappa shape index (κ3) is 1.92. The first kappa shape index (κ1) is 10.7. The molecule has 0 unspecified atom stereocenters. The number of phenols is 1. The highest BCUT2D eigenvalue weighted by Crippen LogP contribution is 2.32. The molecule has 82 valence electrons. The Morgan fingerprint density at radius 3 is 2.50 bits per heavy atom. The van der Waals surface area contributed by atoms with Gasteiger partial charge < -0.3 is 10.2 Å². The normalized spacial score (nSPS) is 10.4. The van der Waals surface area contributed by atoms with Crippen LogP contribution in [0.5, 0.6) is 5.75 Å². The second kappa shape index (κ2) is 4.37. The number of hydrogen-bond donors (Lipinski definition) is 2. The monoisotopic (exact) mass is 214 g/mol. The third-order valence-electron chi connectivity index (χ3n) is 2.61. The zero-order chi connectivity index (χ0) is 11.5. The zero-order valence-electron chi connectivity index (χ0n) is 9.14. The third-order valence-corrected chi connectivity index (χ3v) is 2.61. The maximum atomic E-state index is 9.86. The Morgan fingerprint density at radius 2 is 1.81 bits per heavy atom. The van der Waals surface area contributed by atoms with Crippen LogP contribution >= 0.6 is 0 Å². The maximum Gasteiger partial charge on any atom is 0.123 e. The van der Waals surface area contributed by atoms with Gasteiger partial charge in [0.2, 0.25) is 0 Å². The van der Waals surface area contributed by atoms with Gasteiger partial charge in [-0.1, -0.05) is 42.0 Å². The average Bonchev–Trinajstić information content (AvgIpc) is 2.28. The van der Waals surface area contributed by atoms with Crippen LogP contribution in [0, 0.1) is 6.92 Å². The molecular weight excluding hydrogens is 200 g/mol. The van der Waals surface area contributed by atoms with E-state index in [-0.39, 0.29) is 12.4 Å². The molecule has 0 heterocycles. The van der Waals surface area contributed by atoms with E-state index < -0.39 is 0 Å². The Hall–Kier alpha value is -1.80. The highest BCUT2D eigenvalue weighted by Gasteiger charge is 2.09. The number of benzene rings is 2. The Morgan fingerprint density at radius 1 is 1.06 bits per heavy atom. The maximum absolute atomic E-state index is 9.86. The van der Waals surface area contributed by atoms with Gasteiger partial charge in [-0.2, -0.15) is 0 Å². The molecule has 2 heteroatoms. The first-order valence-electron chi connectivity index (χ1n) is 5.21. The number of aromatic hydroxyl groups is 1. The number of aliphatic hydroxyl groups excluding tert-OH is 1. The van der Waals surface area contributed by atoms with E-state index in [1.807, 2.05) is 37.3 Å². The Kier molecular flexibility index (Phi) is 2.93. The predicted octanol–water partition coefficient (Wildman–Crippen LogP) is 2.86. The van der Waals surface area contributed by atoms with Crippen LogP contribution in [0.4, 0.5) is 0 Å². The Balaban J connectivity index is 2.63. The van der Waals surface area contributed by atoms with E-state index >= 15 is 0 Å². The van der Waals surface area contributed by atoms with Gasteiger partial charge in [0, 0.05) is 5.56 Å². The fraction of sp³-hybridized carbons (Fsp3) is 0.143. The second-order valence-corrected chi connectivity index (χ2v) is 3.84. The number of phenolic OH excluding ortho intramolecular Hbond substituents is 1. The van der Waals surface area contributed by atoms with Crippen LogP contribution in [0.25, 0.3) is 11.1 Å². The van der Waals surface area contributed by atoms with Crippen molar-refractivity contribution in [2.45, 2.75) is 13.5 Å². The Labute approximate surface area is 94.8 Å². The standard InChI is InChI=1S/C14H14O2/c1-10-4-2-5-11(8-10)14-12(9-15)6-3-7-13(14)16/h2-8,15-16H,9H2,1H3. The summed E-state index contributed by atoms with van der Waals surface area (Å²) in [7, 11) is 0. The van der Waals surface area contributed by atoms with Crippen molar-refractivity contribution in [3.05, 3.63) is 53.6 Å². The summed E-state index contributed by atoms with van der Waals surface area (Å²) in [6.45, 7) is 1.93. The summed E-state index contributed by atoms with van der Waals surface area (Å²) in [5.41, 5.74) is 3.52. The van der Waals surface area contributed by atoms with Crippen LogP contribution in [0.2, 0.25) is 0 Å². The molecule has 2 aromatic rings. The lowest BCUT2D eigenvalue weighted by atomic mass is 9.98. The molecule has 0 fully saturated rings. The van der Waals surface area contributed by atoms with Crippen molar-refractivity contribution in [1.29, 1.82) is 0 Å². The highest BCUT2D eigenvalue weighted by molar-refractivity contribution is 5.73. The van der Waals surface area contributed by atoms with Gasteiger partial charge in [0.1, 0.15) is 5.75 Å². The van der Waals surface area contributed by atoms with Crippen LogP contribution in [-0.2, 0) is 6.61 Å².